The zero-order valence-corrected chi connectivity index (χ0v) is 6.66. The van der Waals surface area contributed by atoms with Crippen LogP contribution in [0.2, 0.25) is 0 Å². The number of amides is 1. The van der Waals surface area contributed by atoms with Gasteiger partial charge < -0.3 is 5.73 Å². The summed E-state index contributed by atoms with van der Waals surface area (Å²) in [5.74, 6) is -3.44. The SMILES string of the molecule is C=C(C)/C(F)=C(\C(=C)F)C(N)=O. The number of allylic oxidation sites excluding steroid dienone is 2. The van der Waals surface area contributed by atoms with Gasteiger partial charge in [-0.1, -0.05) is 13.2 Å². The highest BCUT2D eigenvalue weighted by Crippen LogP contribution is 2.20. The fourth-order valence-electron chi connectivity index (χ4n) is 0.574. The molecule has 0 rings (SSSR count). The van der Waals surface area contributed by atoms with E-state index in [1.165, 1.54) is 6.92 Å². The number of carbonyl (C=O) groups excluding carboxylic acids is 1. The fourth-order valence-corrected chi connectivity index (χ4v) is 0.574. The van der Waals surface area contributed by atoms with E-state index in [1.807, 2.05) is 0 Å². The first-order chi connectivity index (χ1) is 5.37. The van der Waals surface area contributed by atoms with E-state index in [4.69, 9.17) is 5.73 Å². The third kappa shape index (κ3) is 2.30. The van der Waals surface area contributed by atoms with Crippen LogP contribution < -0.4 is 5.73 Å². The molecule has 0 aromatic heterocycles. The molecule has 0 spiro atoms. The van der Waals surface area contributed by atoms with Crippen LogP contribution in [-0.2, 0) is 4.79 Å². The lowest BCUT2D eigenvalue weighted by atomic mass is 10.1. The van der Waals surface area contributed by atoms with E-state index < -0.39 is 23.1 Å². The second-order valence-corrected chi connectivity index (χ2v) is 2.24. The second-order valence-electron chi connectivity index (χ2n) is 2.24. The molecule has 0 fully saturated rings. The quantitative estimate of drug-likeness (QED) is 0.512. The van der Waals surface area contributed by atoms with E-state index in [2.05, 4.69) is 13.2 Å². The normalized spacial score (nSPS) is 11.9. The van der Waals surface area contributed by atoms with Crippen LogP contribution in [0.1, 0.15) is 6.92 Å². The lowest BCUT2D eigenvalue weighted by Crippen LogP contribution is -2.15. The molecule has 2 N–H and O–H groups in total. The molecule has 0 radical (unpaired) electrons. The Hall–Kier alpha value is -1.45. The number of hydrogen-bond acceptors (Lipinski definition) is 1. The highest BCUT2D eigenvalue weighted by molar-refractivity contribution is 5.96. The minimum atomic E-state index is -1.19. The molecule has 0 aliphatic rings. The maximum absolute atomic E-state index is 12.9. The maximum Gasteiger partial charge on any atom is 0.254 e. The minimum Gasteiger partial charge on any atom is -0.365 e. The second kappa shape index (κ2) is 3.80. The molecule has 12 heavy (non-hydrogen) atoms. The number of rotatable bonds is 3. The van der Waals surface area contributed by atoms with Gasteiger partial charge in [-0.25, -0.2) is 8.78 Å². The molecule has 1 amide bonds. The summed E-state index contributed by atoms with van der Waals surface area (Å²) in [7, 11) is 0. The Labute approximate surface area is 69.1 Å². The molecule has 0 atom stereocenters. The van der Waals surface area contributed by atoms with Crippen LogP contribution in [-0.4, -0.2) is 5.91 Å². The molecule has 0 saturated carbocycles. The molecule has 0 aromatic rings. The van der Waals surface area contributed by atoms with Crippen LogP contribution in [0.25, 0.3) is 0 Å². The van der Waals surface area contributed by atoms with E-state index in [9.17, 15) is 13.6 Å². The molecule has 66 valence electrons. The Morgan fingerprint density at radius 3 is 1.83 bits per heavy atom. The van der Waals surface area contributed by atoms with Crippen molar-refractivity contribution in [3.63, 3.8) is 0 Å². The lowest BCUT2D eigenvalue weighted by Gasteiger charge is -2.01. The maximum atomic E-state index is 12.9. The monoisotopic (exact) mass is 173 g/mol. The third-order valence-electron chi connectivity index (χ3n) is 1.11. The summed E-state index contributed by atoms with van der Waals surface area (Å²) in [4.78, 5) is 10.5. The highest BCUT2D eigenvalue weighted by Gasteiger charge is 2.16. The van der Waals surface area contributed by atoms with E-state index in [1.54, 1.807) is 0 Å². The molecule has 0 unspecified atom stereocenters. The lowest BCUT2D eigenvalue weighted by molar-refractivity contribution is -0.114. The topological polar surface area (TPSA) is 43.1 Å². The van der Waals surface area contributed by atoms with E-state index >= 15 is 0 Å². The number of primary amides is 1. The Bertz CT molecular complexity index is 263. The van der Waals surface area contributed by atoms with Crippen LogP contribution in [0.5, 0.6) is 0 Å². The van der Waals surface area contributed by atoms with Gasteiger partial charge in [-0.2, -0.15) is 0 Å². The average molecular weight is 173 g/mol. The summed E-state index contributed by atoms with van der Waals surface area (Å²) in [5, 5.41) is 0. The van der Waals surface area contributed by atoms with Crippen molar-refractivity contribution in [2.24, 2.45) is 5.73 Å². The van der Waals surface area contributed by atoms with E-state index in [-0.39, 0.29) is 5.57 Å². The van der Waals surface area contributed by atoms with Crippen molar-refractivity contribution in [1.82, 2.24) is 0 Å². The van der Waals surface area contributed by atoms with E-state index in [0.29, 0.717) is 0 Å². The Morgan fingerprint density at radius 2 is 1.75 bits per heavy atom. The minimum absolute atomic E-state index is 0.0670. The van der Waals surface area contributed by atoms with Crippen molar-refractivity contribution in [1.29, 1.82) is 0 Å². The summed E-state index contributed by atoms with van der Waals surface area (Å²) in [6.07, 6.45) is 0. The molecule has 2 nitrogen and oxygen atoms in total. The van der Waals surface area contributed by atoms with Crippen molar-refractivity contribution in [2.75, 3.05) is 0 Å². The molecule has 0 heterocycles. The van der Waals surface area contributed by atoms with Crippen LogP contribution in [0.15, 0.2) is 36.0 Å². The van der Waals surface area contributed by atoms with Gasteiger partial charge in [0.05, 0.1) is 0 Å². The predicted molar refractivity (Wildman–Crippen MR) is 42.4 cm³/mol. The van der Waals surface area contributed by atoms with Crippen molar-refractivity contribution in [3.05, 3.63) is 36.0 Å². The molecule has 0 aromatic carbocycles. The summed E-state index contributed by atoms with van der Waals surface area (Å²) in [6.45, 7) is 7.26. The van der Waals surface area contributed by atoms with Gasteiger partial charge in [0.1, 0.15) is 17.2 Å². The fraction of sp³-hybridized carbons (Fsp3) is 0.125. The first kappa shape index (κ1) is 10.6. The Morgan fingerprint density at radius 1 is 1.33 bits per heavy atom. The van der Waals surface area contributed by atoms with Crippen LogP contribution in [0.4, 0.5) is 8.78 Å². The molecule has 0 saturated heterocycles. The van der Waals surface area contributed by atoms with Crippen molar-refractivity contribution < 1.29 is 13.6 Å². The van der Waals surface area contributed by atoms with Gasteiger partial charge >= 0.3 is 0 Å². The molecule has 4 heteroatoms. The van der Waals surface area contributed by atoms with Gasteiger partial charge in [-0.05, 0) is 12.5 Å². The summed E-state index contributed by atoms with van der Waals surface area (Å²) in [5.41, 5.74) is 3.79. The number of carbonyl (C=O) groups is 1. The Balaban J connectivity index is 5.23. The molecule has 0 aliphatic heterocycles. The standard InChI is InChI=1S/C8H9F2NO/c1-4(2)7(10)6(5(3)9)8(11)12/h1,3H2,2H3,(H2,11,12)/b7-6-. The van der Waals surface area contributed by atoms with Gasteiger partial charge in [0, 0.05) is 0 Å². The van der Waals surface area contributed by atoms with Gasteiger partial charge in [-0.3, -0.25) is 4.79 Å². The van der Waals surface area contributed by atoms with E-state index in [0.717, 1.165) is 0 Å². The summed E-state index contributed by atoms with van der Waals surface area (Å²) < 4.78 is 25.3. The zero-order valence-electron chi connectivity index (χ0n) is 6.66. The number of nitrogens with two attached hydrogens (primary N) is 1. The van der Waals surface area contributed by atoms with Crippen molar-refractivity contribution in [3.8, 4) is 0 Å². The van der Waals surface area contributed by atoms with Gasteiger partial charge in [0.15, 0.2) is 0 Å². The van der Waals surface area contributed by atoms with Crippen LogP contribution >= 0.6 is 0 Å². The molecule has 0 bridgehead atoms. The van der Waals surface area contributed by atoms with Gasteiger partial charge in [0.2, 0.25) is 0 Å². The van der Waals surface area contributed by atoms with Crippen LogP contribution in [0, 0.1) is 0 Å². The number of hydrogen-bond donors (Lipinski definition) is 1. The average Bonchev–Trinajstić information content (AvgIpc) is 1.85. The van der Waals surface area contributed by atoms with Crippen molar-refractivity contribution >= 4 is 5.91 Å². The molecular weight excluding hydrogens is 164 g/mol. The smallest absolute Gasteiger partial charge is 0.254 e. The highest BCUT2D eigenvalue weighted by atomic mass is 19.1. The number of halogens is 2. The zero-order chi connectivity index (χ0) is 9.89. The summed E-state index contributed by atoms with van der Waals surface area (Å²) >= 11 is 0. The first-order valence-electron chi connectivity index (χ1n) is 3.08. The first-order valence-corrected chi connectivity index (χ1v) is 3.08. The molecular formula is C8H9F2NO. The van der Waals surface area contributed by atoms with Crippen LogP contribution in [0.3, 0.4) is 0 Å². The summed E-state index contributed by atoms with van der Waals surface area (Å²) in [6, 6.07) is 0. The molecule has 0 aliphatic carbocycles. The van der Waals surface area contributed by atoms with Crippen molar-refractivity contribution in [2.45, 2.75) is 6.92 Å². The third-order valence-corrected chi connectivity index (χ3v) is 1.11. The predicted octanol–water partition coefficient (Wildman–Crippen LogP) is 1.75. The van der Waals surface area contributed by atoms with Gasteiger partial charge in [0.25, 0.3) is 5.91 Å². The largest absolute Gasteiger partial charge is 0.365 e. The van der Waals surface area contributed by atoms with Gasteiger partial charge in [-0.15, -0.1) is 0 Å². The Kier molecular flexibility index (Phi) is 3.34.